The van der Waals surface area contributed by atoms with E-state index >= 15 is 0 Å². The van der Waals surface area contributed by atoms with E-state index < -0.39 is 0 Å². The van der Waals surface area contributed by atoms with Gasteiger partial charge in [-0.3, -0.25) is 4.99 Å². The fourth-order valence-corrected chi connectivity index (χ4v) is 2.09. The summed E-state index contributed by atoms with van der Waals surface area (Å²) in [5, 5.41) is 3.35. The van der Waals surface area contributed by atoms with Gasteiger partial charge < -0.3 is 21.7 Å². The molecule has 0 aliphatic carbocycles. The van der Waals surface area contributed by atoms with Crippen molar-refractivity contribution >= 4 is 17.2 Å². The second-order valence-electron chi connectivity index (χ2n) is 4.66. The molecule has 0 saturated heterocycles. The number of rotatable bonds is 3. The lowest BCUT2D eigenvalue weighted by molar-refractivity contribution is 0.948. The first kappa shape index (κ1) is 13.4. The molecule has 0 fully saturated rings. The van der Waals surface area contributed by atoms with Crippen LogP contribution in [0, 0.1) is 6.92 Å². The molecule has 0 aromatic heterocycles. The van der Waals surface area contributed by atoms with Gasteiger partial charge in [0.1, 0.15) is 5.84 Å². The number of anilines is 2. The molecule has 5 heteroatoms. The van der Waals surface area contributed by atoms with E-state index in [2.05, 4.69) is 40.3 Å². The molecule has 0 saturated carbocycles. The standard InChI is InChI=1S/C14H21N5/c1-10-3-4-12-13(7-10)19(11(2)8-16)9-14(18-12)17-6-5-15/h3-4,7-8H,5-6,9,15-16H2,1-2H3,(H,17,18)/b11-8-. The molecule has 5 nitrogen and oxygen atoms in total. The van der Waals surface area contributed by atoms with Crippen molar-refractivity contribution in [3.05, 3.63) is 35.7 Å². The molecule has 0 bridgehead atoms. The Morgan fingerprint density at radius 1 is 1.53 bits per heavy atom. The van der Waals surface area contributed by atoms with E-state index in [4.69, 9.17) is 11.5 Å². The molecule has 1 aromatic rings. The van der Waals surface area contributed by atoms with E-state index in [1.165, 1.54) is 5.56 Å². The second-order valence-corrected chi connectivity index (χ2v) is 4.66. The Bertz CT molecular complexity index is 519. The fourth-order valence-electron chi connectivity index (χ4n) is 2.09. The van der Waals surface area contributed by atoms with Crippen LogP contribution in [0.1, 0.15) is 12.5 Å². The lowest BCUT2D eigenvalue weighted by Crippen LogP contribution is -2.38. The topological polar surface area (TPSA) is 79.7 Å². The first-order valence-electron chi connectivity index (χ1n) is 6.43. The molecule has 0 spiro atoms. The van der Waals surface area contributed by atoms with Crippen LogP contribution in [-0.4, -0.2) is 25.5 Å². The summed E-state index contributed by atoms with van der Waals surface area (Å²) < 4.78 is 0. The van der Waals surface area contributed by atoms with Crippen molar-refractivity contribution in [1.29, 1.82) is 0 Å². The third kappa shape index (κ3) is 2.88. The minimum Gasteiger partial charge on any atom is -0.403 e. The van der Waals surface area contributed by atoms with E-state index in [-0.39, 0.29) is 0 Å². The summed E-state index contributed by atoms with van der Waals surface area (Å²) in [5.74, 6) is 0.919. The number of aliphatic imine (C=N–C) groups is 1. The van der Waals surface area contributed by atoms with Crippen molar-refractivity contribution < 1.29 is 0 Å². The van der Waals surface area contributed by atoms with Crippen molar-refractivity contribution in [3.63, 3.8) is 0 Å². The quantitative estimate of drug-likeness (QED) is 0.766. The van der Waals surface area contributed by atoms with Crippen molar-refractivity contribution in [2.24, 2.45) is 16.5 Å². The number of nitrogens with zero attached hydrogens (tertiary/aromatic N) is 2. The lowest BCUT2D eigenvalue weighted by Gasteiger charge is -2.33. The molecule has 0 radical (unpaired) electrons. The molecule has 0 unspecified atom stereocenters. The highest BCUT2D eigenvalue weighted by Crippen LogP contribution is 2.32. The minimum absolute atomic E-state index is 0.553. The molecule has 1 aliphatic rings. The van der Waals surface area contributed by atoms with Gasteiger partial charge in [0.2, 0.25) is 0 Å². The number of fused-ring (bicyclic) bond motifs is 1. The van der Waals surface area contributed by atoms with E-state index in [1.54, 1.807) is 6.20 Å². The number of allylic oxidation sites excluding steroid dienone is 1. The summed E-state index contributed by atoms with van der Waals surface area (Å²) in [5.41, 5.74) is 15.6. The maximum atomic E-state index is 5.66. The summed E-state index contributed by atoms with van der Waals surface area (Å²) in [7, 11) is 0. The van der Waals surface area contributed by atoms with Crippen molar-refractivity contribution in [1.82, 2.24) is 0 Å². The zero-order valence-corrected chi connectivity index (χ0v) is 11.5. The highest BCUT2D eigenvalue weighted by Gasteiger charge is 2.21. The van der Waals surface area contributed by atoms with Gasteiger partial charge in [0.25, 0.3) is 0 Å². The smallest absolute Gasteiger partial charge is 0.121 e. The average molecular weight is 259 g/mol. The Morgan fingerprint density at radius 2 is 2.32 bits per heavy atom. The first-order chi connectivity index (χ1) is 9.15. The highest BCUT2D eigenvalue weighted by atomic mass is 15.2. The summed E-state index contributed by atoms with van der Waals surface area (Å²) in [4.78, 5) is 6.62. The number of aryl methyl sites for hydroxylation is 1. The third-order valence-electron chi connectivity index (χ3n) is 3.13. The van der Waals surface area contributed by atoms with Gasteiger partial charge in [0.15, 0.2) is 0 Å². The molecule has 1 aliphatic heterocycles. The Morgan fingerprint density at radius 3 is 3.00 bits per heavy atom. The zero-order valence-electron chi connectivity index (χ0n) is 11.5. The van der Waals surface area contributed by atoms with Crippen LogP contribution < -0.4 is 21.7 Å². The molecular weight excluding hydrogens is 238 g/mol. The normalized spacial score (nSPS) is 17.3. The van der Waals surface area contributed by atoms with Crippen LogP contribution in [0.5, 0.6) is 0 Å². The fraction of sp³-hybridized carbons (Fsp3) is 0.357. The maximum Gasteiger partial charge on any atom is 0.121 e. The number of nitrogens with one attached hydrogen (secondary N) is 1. The summed E-state index contributed by atoms with van der Waals surface area (Å²) in [6.07, 6.45) is 1.62. The third-order valence-corrected chi connectivity index (χ3v) is 3.13. The number of amidine groups is 1. The van der Waals surface area contributed by atoms with Gasteiger partial charge in [-0.15, -0.1) is 0 Å². The summed E-state index contributed by atoms with van der Waals surface area (Å²) in [6, 6.07) is 6.30. The van der Waals surface area contributed by atoms with Crippen molar-refractivity contribution in [2.75, 3.05) is 29.9 Å². The number of hydrogen-bond donors (Lipinski definition) is 3. The Kier molecular flexibility index (Phi) is 4.06. The lowest BCUT2D eigenvalue weighted by atomic mass is 10.1. The predicted octanol–water partition coefficient (Wildman–Crippen LogP) is 1.40. The second kappa shape index (κ2) is 5.75. The molecule has 0 atom stereocenters. The Balaban J connectivity index is 2.40. The molecular formula is C14H21N5. The van der Waals surface area contributed by atoms with Gasteiger partial charge in [-0.2, -0.15) is 0 Å². The van der Waals surface area contributed by atoms with Gasteiger partial charge >= 0.3 is 0 Å². The Labute approximate surface area is 114 Å². The van der Waals surface area contributed by atoms with Crippen LogP contribution >= 0.6 is 0 Å². The van der Waals surface area contributed by atoms with Gasteiger partial charge in [-0.05, 0) is 31.5 Å². The minimum atomic E-state index is 0.553. The van der Waals surface area contributed by atoms with Crippen LogP contribution in [0.15, 0.2) is 35.1 Å². The molecule has 1 aromatic carbocycles. The van der Waals surface area contributed by atoms with Crippen LogP contribution in [0.2, 0.25) is 0 Å². The van der Waals surface area contributed by atoms with E-state index in [0.717, 1.165) is 22.9 Å². The van der Waals surface area contributed by atoms with Gasteiger partial charge in [0.05, 0.1) is 24.5 Å². The largest absolute Gasteiger partial charge is 0.403 e. The van der Waals surface area contributed by atoms with Crippen LogP contribution in [0.3, 0.4) is 0 Å². The van der Waals surface area contributed by atoms with Gasteiger partial charge in [-0.25, -0.2) is 0 Å². The monoisotopic (exact) mass is 259 g/mol. The predicted molar refractivity (Wildman–Crippen MR) is 81.4 cm³/mol. The summed E-state index contributed by atoms with van der Waals surface area (Å²) in [6.45, 7) is 5.95. The number of benzene rings is 1. The van der Waals surface area contributed by atoms with E-state index in [9.17, 15) is 0 Å². The molecule has 19 heavy (non-hydrogen) atoms. The number of nitrogens with two attached hydrogens (primary N) is 2. The molecule has 1 heterocycles. The van der Waals surface area contributed by atoms with E-state index in [1.807, 2.05) is 6.92 Å². The molecule has 2 rings (SSSR count). The van der Waals surface area contributed by atoms with Crippen LogP contribution in [0.4, 0.5) is 11.4 Å². The first-order valence-corrected chi connectivity index (χ1v) is 6.43. The SMILES string of the molecule is C/C(=C/N)N1CC(=NCCN)Nc2ccc(C)cc21. The van der Waals surface area contributed by atoms with Gasteiger partial charge in [-0.1, -0.05) is 6.07 Å². The van der Waals surface area contributed by atoms with Crippen LogP contribution in [0.25, 0.3) is 0 Å². The average Bonchev–Trinajstić information content (AvgIpc) is 2.43. The van der Waals surface area contributed by atoms with Crippen molar-refractivity contribution in [2.45, 2.75) is 13.8 Å². The van der Waals surface area contributed by atoms with E-state index in [0.29, 0.717) is 19.6 Å². The summed E-state index contributed by atoms with van der Waals surface area (Å²) >= 11 is 0. The van der Waals surface area contributed by atoms with Crippen molar-refractivity contribution in [3.8, 4) is 0 Å². The Hall–Kier alpha value is -2.01. The number of hydrogen-bond acceptors (Lipinski definition) is 4. The van der Waals surface area contributed by atoms with Gasteiger partial charge in [0, 0.05) is 18.4 Å². The maximum absolute atomic E-state index is 5.66. The molecule has 0 amide bonds. The van der Waals surface area contributed by atoms with Crippen LogP contribution in [-0.2, 0) is 0 Å². The zero-order chi connectivity index (χ0) is 13.8. The highest BCUT2D eigenvalue weighted by molar-refractivity contribution is 6.05. The molecule has 102 valence electrons. The molecule has 5 N–H and O–H groups in total.